The summed E-state index contributed by atoms with van der Waals surface area (Å²) in [5, 5.41) is 5.65. The van der Waals surface area contributed by atoms with Crippen LogP contribution in [0.1, 0.15) is 19.4 Å². The molecule has 0 aliphatic heterocycles. The molecule has 6 heteroatoms. The molecule has 2 rings (SSSR count). The number of carbonyl (C=O) groups excluding carboxylic acids is 2. The summed E-state index contributed by atoms with van der Waals surface area (Å²) in [5.41, 5.74) is 1.63. The summed E-state index contributed by atoms with van der Waals surface area (Å²) in [5.74, 6) is -0.140. The zero-order valence-electron chi connectivity index (χ0n) is 12.7. The maximum Gasteiger partial charge on any atom is 0.224 e. The van der Waals surface area contributed by atoms with Crippen molar-refractivity contribution in [3.8, 4) is 0 Å². The summed E-state index contributed by atoms with van der Waals surface area (Å²) in [7, 11) is 0. The second-order valence-corrected chi connectivity index (χ2v) is 5.28. The van der Waals surface area contributed by atoms with Gasteiger partial charge in [-0.05, 0) is 24.6 Å². The summed E-state index contributed by atoms with van der Waals surface area (Å²) in [6.07, 6.45) is 5.62. The fourth-order valence-electron chi connectivity index (χ4n) is 2.18. The van der Waals surface area contributed by atoms with E-state index in [1.165, 1.54) is 6.92 Å². The SMILES string of the molecule is CC(=O)Nc1ccc(CC(=O)N[C@H](C)Cn2ccnc2)cc1. The Bertz CT molecular complexity index is 620. The van der Waals surface area contributed by atoms with Crippen LogP contribution in [0.15, 0.2) is 43.0 Å². The second-order valence-electron chi connectivity index (χ2n) is 5.28. The van der Waals surface area contributed by atoms with E-state index in [-0.39, 0.29) is 17.9 Å². The van der Waals surface area contributed by atoms with E-state index < -0.39 is 0 Å². The zero-order chi connectivity index (χ0) is 15.9. The Morgan fingerprint density at radius 2 is 2.00 bits per heavy atom. The number of hydrogen-bond donors (Lipinski definition) is 2. The summed E-state index contributed by atoms with van der Waals surface area (Å²) >= 11 is 0. The van der Waals surface area contributed by atoms with Crippen molar-refractivity contribution in [3.05, 3.63) is 48.5 Å². The quantitative estimate of drug-likeness (QED) is 0.850. The van der Waals surface area contributed by atoms with E-state index in [2.05, 4.69) is 15.6 Å². The van der Waals surface area contributed by atoms with Gasteiger partial charge in [0.15, 0.2) is 0 Å². The molecule has 0 saturated carbocycles. The molecule has 0 radical (unpaired) electrons. The molecule has 2 aromatic rings. The molecule has 0 aliphatic rings. The van der Waals surface area contributed by atoms with E-state index in [0.29, 0.717) is 13.0 Å². The van der Waals surface area contributed by atoms with Crippen molar-refractivity contribution in [2.24, 2.45) is 0 Å². The average Bonchev–Trinajstić information content (AvgIpc) is 2.93. The molecule has 0 saturated heterocycles. The van der Waals surface area contributed by atoms with Crippen molar-refractivity contribution in [1.82, 2.24) is 14.9 Å². The van der Waals surface area contributed by atoms with Gasteiger partial charge in [0.2, 0.25) is 11.8 Å². The van der Waals surface area contributed by atoms with Gasteiger partial charge >= 0.3 is 0 Å². The number of anilines is 1. The molecule has 0 aliphatic carbocycles. The standard InChI is InChI=1S/C16H20N4O2/c1-12(10-20-8-7-17-11-20)18-16(22)9-14-3-5-15(6-4-14)19-13(2)21/h3-8,11-12H,9-10H2,1-2H3,(H,18,22)(H,19,21)/t12-/m1/s1. The zero-order valence-corrected chi connectivity index (χ0v) is 12.7. The van der Waals surface area contributed by atoms with Gasteiger partial charge in [0.1, 0.15) is 0 Å². The van der Waals surface area contributed by atoms with Gasteiger partial charge in [0.25, 0.3) is 0 Å². The van der Waals surface area contributed by atoms with Gasteiger partial charge in [0.05, 0.1) is 12.7 Å². The van der Waals surface area contributed by atoms with Gasteiger partial charge in [0, 0.05) is 37.6 Å². The Kier molecular flexibility index (Phi) is 5.30. The number of amides is 2. The van der Waals surface area contributed by atoms with Crippen LogP contribution in [0.4, 0.5) is 5.69 Å². The molecule has 1 atom stereocenters. The summed E-state index contributed by atoms with van der Waals surface area (Å²) in [6, 6.07) is 7.29. The van der Waals surface area contributed by atoms with Crippen LogP contribution in [0.5, 0.6) is 0 Å². The second kappa shape index (κ2) is 7.40. The highest BCUT2D eigenvalue weighted by atomic mass is 16.2. The lowest BCUT2D eigenvalue weighted by molar-refractivity contribution is -0.121. The molecule has 2 amide bonds. The highest BCUT2D eigenvalue weighted by molar-refractivity contribution is 5.88. The number of aromatic nitrogens is 2. The number of hydrogen-bond acceptors (Lipinski definition) is 3. The molecule has 0 spiro atoms. The van der Waals surface area contributed by atoms with E-state index in [1.54, 1.807) is 24.7 Å². The van der Waals surface area contributed by atoms with Crippen molar-refractivity contribution in [3.63, 3.8) is 0 Å². The normalized spacial score (nSPS) is 11.7. The maximum atomic E-state index is 12.0. The van der Waals surface area contributed by atoms with Gasteiger partial charge in [-0.3, -0.25) is 9.59 Å². The van der Waals surface area contributed by atoms with Crippen LogP contribution in [0, 0.1) is 0 Å². The van der Waals surface area contributed by atoms with Gasteiger partial charge < -0.3 is 15.2 Å². The van der Waals surface area contributed by atoms with Crippen LogP contribution in [0.3, 0.4) is 0 Å². The van der Waals surface area contributed by atoms with E-state index in [9.17, 15) is 9.59 Å². The van der Waals surface area contributed by atoms with E-state index in [0.717, 1.165) is 11.3 Å². The number of carbonyl (C=O) groups is 2. The summed E-state index contributed by atoms with van der Waals surface area (Å²) in [6.45, 7) is 4.11. The molecule has 0 bridgehead atoms. The highest BCUT2D eigenvalue weighted by Crippen LogP contribution is 2.10. The molecular formula is C16H20N4O2. The maximum absolute atomic E-state index is 12.0. The fourth-order valence-corrected chi connectivity index (χ4v) is 2.18. The van der Waals surface area contributed by atoms with Crippen molar-refractivity contribution in [1.29, 1.82) is 0 Å². The van der Waals surface area contributed by atoms with Gasteiger partial charge in [-0.25, -0.2) is 4.98 Å². The van der Waals surface area contributed by atoms with E-state index in [4.69, 9.17) is 0 Å². The minimum absolute atomic E-state index is 0.0279. The van der Waals surface area contributed by atoms with Gasteiger partial charge in [-0.1, -0.05) is 12.1 Å². The number of rotatable bonds is 6. The largest absolute Gasteiger partial charge is 0.352 e. The van der Waals surface area contributed by atoms with Crippen LogP contribution in [-0.2, 0) is 22.6 Å². The Morgan fingerprint density at radius 3 is 2.59 bits per heavy atom. The molecule has 0 fully saturated rings. The summed E-state index contributed by atoms with van der Waals surface area (Å²) in [4.78, 5) is 26.9. The number of nitrogens with one attached hydrogen (secondary N) is 2. The highest BCUT2D eigenvalue weighted by Gasteiger charge is 2.09. The lowest BCUT2D eigenvalue weighted by Crippen LogP contribution is -2.36. The first-order chi connectivity index (χ1) is 10.5. The summed E-state index contributed by atoms with van der Waals surface area (Å²) < 4.78 is 1.92. The third-order valence-corrected chi connectivity index (χ3v) is 3.09. The third-order valence-electron chi connectivity index (χ3n) is 3.09. The topological polar surface area (TPSA) is 76.0 Å². The van der Waals surface area contributed by atoms with Crippen LogP contribution in [0.2, 0.25) is 0 Å². The van der Waals surface area contributed by atoms with Crippen molar-refractivity contribution in [2.45, 2.75) is 32.9 Å². The van der Waals surface area contributed by atoms with Crippen LogP contribution < -0.4 is 10.6 Å². The molecule has 6 nitrogen and oxygen atoms in total. The Labute approximate surface area is 129 Å². The average molecular weight is 300 g/mol. The molecule has 1 heterocycles. The Hall–Kier alpha value is -2.63. The van der Waals surface area contributed by atoms with Crippen molar-refractivity contribution >= 4 is 17.5 Å². The molecule has 0 unspecified atom stereocenters. The van der Waals surface area contributed by atoms with Crippen molar-refractivity contribution < 1.29 is 9.59 Å². The molecule has 1 aromatic heterocycles. The van der Waals surface area contributed by atoms with Gasteiger partial charge in [-0.15, -0.1) is 0 Å². The van der Waals surface area contributed by atoms with Crippen molar-refractivity contribution in [2.75, 3.05) is 5.32 Å². The van der Waals surface area contributed by atoms with Crippen LogP contribution in [-0.4, -0.2) is 27.4 Å². The number of nitrogens with zero attached hydrogens (tertiary/aromatic N) is 2. The van der Waals surface area contributed by atoms with Crippen LogP contribution >= 0.6 is 0 Å². The van der Waals surface area contributed by atoms with E-state index in [1.807, 2.05) is 29.8 Å². The molecule has 116 valence electrons. The molecule has 2 N–H and O–H groups in total. The number of imidazole rings is 1. The predicted molar refractivity (Wildman–Crippen MR) is 84.3 cm³/mol. The lowest BCUT2D eigenvalue weighted by atomic mass is 10.1. The molecule has 1 aromatic carbocycles. The first kappa shape index (κ1) is 15.8. The smallest absolute Gasteiger partial charge is 0.224 e. The third kappa shape index (κ3) is 5.05. The lowest BCUT2D eigenvalue weighted by Gasteiger charge is -2.14. The first-order valence-corrected chi connectivity index (χ1v) is 7.14. The Morgan fingerprint density at radius 1 is 1.27 bits per heavy atom. The molecular weight excluding hydrogens is 280 g/mol. The molecule has 22 heavy (non-hydrogen) atoms. The Balaban J connectivity index is 1.82. The minimum atomic E-state index is -0.112. The van der Waals surface area contributed by atoms with E-state index >= 15 is 0 Å². The van der Waals surface area contributed by atoms with Gasteiger partial charge in [-0.2, -0.15) is 0 Å². The first-order valence-electron chi connectivity index (χ1n) is 7.14. The fraction of sp³-hybridized carbons (Fsp3) is 0.312. The number of benzene rings is 1. The van der Waals surface area contributed by atoms with Crippen LogP contribution in [0.25, 0.3) is 0 Å². The monoisotopic (exact) mass is 300 g/mol. The minimum Gasteiger partial charge on any atom is -0.352 e. The predicted octanol–water partition coefficient (Wildman–Crippen LogP) is 1.59.